The van der Waals surface area contributed by atoms with Crippen LogP contribution in [-0.4, -0.2) is 37.2 Å². The average molecular weight is 419 g/mol. The Kier molecular flexibility index (Phi) is 5.99. The number of ketones is 1. The van der Waals surface area contributed by atoms with Crippen LogP contribution in [0.3, 0.4) is 0 Å². The molecule has 0 radical (unpaired) electrons. The molecule has 2 N–H and O–H groups in total. The molecule has 4 aliphatic rings. The first kappa shape index (κ1) is 21.8. The Bertz CT molecular complexity index is 722. The molecule has 0 spiro atoms. The summed E-state index contributed by atoms with van der Waals surface area (Å²) >= 11 is 0. The Morgan fingerprint density at radius 1 is 1.17 bits per heavy atom. The van der Waals surface area contributed by atoms with Crippen molar-refractivity contribution in [2.24, 2.45) is 51.3 Å². The largest absolute Gasteiger partial charge is 0.466 e. The number of oxime groups is 1. The number of esters is 1. The van der Waals surface area contributed by atoms with Crippen LogP contribution < -0.4 is 5.73 Å². The normalized spacial score (nSPS) is 44.2. The minimum absolute atomic E-state index is 0.131. The summed E-state index contributed by atoms with van der Waals surface area (Å²) in [6.45, 7) is 7.57. The smallest absolute Gasteiger partial charge is 0.302 e. The van der Waals surface area contributed by atoms with Crippen molar-refractivity contribution in [3.8, 4) is 0 Å². The number of nitrogens with two attached hydrogens (primary N) is 1. The zero-order valence-corrected chi connectivity index (χ0v) is 18.8. The molecule has 7 atom stereocenters. The Morgan fingerprint density at radius 2 is 1.97 bits per heavy atom. The van der Waals surface area contributed by atoms with Gasteiger partial charge in [-0.3, -0.25) is 9.59 Å². The van der Waals surface area contributed by atoms with E-state index in [1.54, 1.807) is 0 Å². The van der Waals surface area contributed by atoms with Crippen LogP contribution in [0.2, 0.25) is 0 Å². The lowest BCUT2D eigenvalue weighted by Crippen LogP contribution is -2.57. The van der Waals surface area contributed by atoms with E-state index in [4.69, 9.17) is 15.3 Å². The number of fused-ring (bicyclic) bond motifs is 5. The molecule has 168 valence electrons. The summed E-state index contributed by atoms with van der Waals surface area (Å²) in [6, 6.07) is 0. The summed E-state index contributed by atoms with van der Waals surface area (Å²) in [4.78, 5) is 29.7. The molecule has 0 bridgehead atoms. The second kappa shape index (κ2) is 8.25. The highest BCUT2D eigenvalue weighted by molar-refractivity contribution is 5.87. The molecule has 1 unspecified atom stereocenters. The zero-order valence-electron chi connectivity index (χ0n) is 18.8. The summed E-state index contributed by atoms with van der Waals surface area (Å²) < 4.78 is 5.55. The molecule has 6 nitrogen and oxygen atoms in total. The van der Waals surface area contributed by atoms with Gasteiger partial charge in [0.25, 0.3) is 0 Å². The maximum Gasteiger partial charge on any atom is 0.302 e. The van der Waals surface area contributed by atoms with Gasteiger partial charge in [0.15, 0.2) is 0 Å². The lowest BCUT2D eigenvalue weighted by molar-refractivity contribution is -0.156. The summed E-state index contributed by atoms with van der Waals surface area (Å²) in [6.07, 6.45) is 7.99. The van der Waals surface area contributed by atoms with Gasteiger partial charge >= 0.3 is 5.97 Å². The molecule has 4 aliphatic carbocycles. The summed E-state index contributed by atoms with van der Waals surface area (Å²) in [7, 11) is 0. The number of Topliss-reactive ketones (excluding diaryl/α,β-unsaturated/α-hetero) is 1. The van der Waals surface area contributed by atoms with Gasteiger partial charge in [0.2, 0.25) is 0 Å². The van der Waals surface area contributed by atoms with Crippen LogP contribution in [0.5, 0.6) is 0 Å². The third-order valence-electron chi connectivity index (χ3n) is 9.30. The molecule has 0 saturated heterocycles. The van der Waals surface area contributed by atoms with Crippen LogP contribution in [0.15, 0.2) is 5.16 Å². The number of carbonyl (C=O) groups excluding carboxylic acids is 2. The molecular formula is C24H38N2O4. The first-order valence-corrected chi connectivity index (χ1v) is 11.8. The molecule has 4 saturated carbocycles. The molecule has 4 fully saturated rings. The van der Waals surface area contributed by atoms with E-state index in [1.165, 1.54) is 6.92 Å². The maximum atomic E-state index is 12.7. The number of nitrogens with zero attached hydrogens (tertiary/aromatic N) is 1. The monoisotopic (exact) mass is 418 g/mol. The maximum absolute atomic E-state index is 12.7. The minimum atomic E-state index is -0.209. The van der Waals surface area contributed by atoms with E-state index in [9.17, 15) is 9.59 Å². The zero-order chi connectivity index (χ0) is 21.5. The third kappa shape index (κ3) is 3.59. The molecule has 0 aromatic heterocycles. The van der Waals surface area contributed by atoms with Crippen molar-refractivity contribution in [3.05, 3.63) is 0 Å². The molecule has 0 aromatic rings. The second-order valence-electron chi connectivity index (χ2n) is 10.7. The highest BCUT2D eigenvalue weighted by Gasteiger charge is 2.62. The first-order valence-electron chi connectivity index (χ1n) is 11.8. The average Bonchev–Trinajstić information content (AvgIpc) is 3.01. The summed E-state index contributed by atoms with van der Waals surface area (Å²) in [5.41, 5.74) is 6.72. The summed E-state index contributed by atoms with van der Waals surface area (Å²) in [5.74, 6) is 2.72. The molecule has 0 aromatic carbocycles. The SMILES string of the molecule is CC(=O)OC[C@H]1C[C@@H]2[C@H](CC[C@]3(C)C(=O)CC[C@@H]23)[C@@]2(C)CCC(=NOCCN)CC12. The van der Waals surface area contributed by atoms with Crippen molar-refractivity contribution in [1.29, 1.82) is 0 Å². The van der Waals surface area contributed by atoms with E-state index in [-0.39, 0.29) is 16.8 Å². The van der Waals surface area contributed by atoms with Gasteiger partial charge in [-0.25, -0.2) is 0 Å². The van der Waals surface area contributed by atoms with Crippen LogP contribution in [-0.2, 0) is 19.2 Å². The van der Waals surface area contributed by atoms with Gasteiger partial charge in [-0.2, -0.15) is 0 Å². The Morgan fingerprint density at radius 3 is 2.70 bits per heavy atom. The summed E-state index contributed by atoms with van der Waals surface area (Å²) in [5, 5.41) is 4.39. The molecular weight excluding hydrogens is 380 g/mol. The predicted octanol–water partition coefficient (Wildman–Crippen LogP) is 3.72. The van der Waals surface area contributed by atoms with Crippen LogP contribution in [0, 0.1) is 40.4 Å². The first-order chi connectivity index (χ1) is 14.3. The fourth-order valence-electron chi connectivity index (χ4n) is 7.75. The van der Waals surface area contributed by atoms with E-state index in [0.717, 1.165) is 57.1 Å². The highest BCUT2D eigenvalue weighted by atomic mass is 16.6. The van der Waals surface area contributed by atoms with Crippen molar-refractivity contribution >= 4 is 17.5 Å². The van der Waals surface area contributed by atoms with Crippen molar-refractivity contribution in [2.75, 3.05) is 19.8 Å². The number of hydrogen-bond acceptors (Lipinski definition) is 6. The highest BCUT2D eigenvalue weighted by Crippen LogP contribution is 2.66. The number of carbonyl (C=O) groups is 2. The van der Waals surface area contributed by atoms with Gasteiger partial charge in [0.05, 0.1) is 12.3 Å². The molecule has 30 heavy (non-hydrogen) atoms. The third-order valence-corrected chi connectivity index (χ3v) is 9.30. The fourth-order valence-corrected chi connectivity index (χ4v) is 7.75. The van der Waals surface area contributed by atoms with E-state index in [0.29, 0.717) is 55.1 Å². The van der Waals surface area contributed by atoms with Gasteiger partial charge < -0.3 is 15.3 Å². The van der Waals surface area contributed by atoms with Gasteiger partial charge in [0.1, 0.15) is 12.4 Å². The molecule has 0 aliphatic heterocycles. The van der Waals surface area contributed by atoms with Crippen molar-refractivity contribution in [2.45, 2.75) is 72.1 Å². The van der Waals surface area contributed by atoms with Gasteiger partial charge in [-0.05, 0) is 80.0 Å². The van der Waals surface area contributed by atoms with E-state index >= 15 is 0 Å². The molecule has 6 heteroatoms. The lowest BCUT2D eigenvalue weighted by atomic mass is 9.43. The molecule has 0 amide bonds. The lowest BCUT2D eigenvalue weighted by Gasteiger charge is -2.61. The van der Waals surface area contributed by atoms with Gasteiger partial charge in [-0.15, -0.1) is 0 Å². The second-order valence-corrected chi connectivity index (χ2v) is 10.7. The van der Waals surface area contributed by atoms with E-state index in [1.807, 2.05) is 0 Å². The van der Waals surface area contributed by atoms with Gasteiger partial charge in [0, 0.05) is 25.3 Å². The standard InChI is InChI=1S/C24H38N2O4/c1-15(27)29-14-16-12-18-19-4-5-22(28)24(19,3)9-7-20(18)23(2)8-6-17(13-21(16)23)26-30-11-10-25/h16,18-21H,4-14,25H2,1-3H3/t16-,18+,19+,20+,21?,23-,24+/m1/s1. The van der Waals surface area contributed by atoms with Crippen LogP contribution >= 0.6 is 0 Å². The van der Waals surface area contributed by atoms with E-state index in [2.05, 4.69) is 19.0 Å². The Labute approximate surface area is 180 Å². The molecule has 0 heterocycles. The van der Waals surface area contributed by atoms with E-state index < -0.39 is 0 Å². The fraction of sp³-hybridized carbons (Fsp3) is 0.875. The van der Waals surface area contributed by atoms with Crippen molar-refractivity contribution in [1.82, 2.24) is 0 Å². The van der Waals surface area contributed by atoms with Crippen LogP contribution in [0.4, 0.5) is 0 Å². The number of hydrogen-bond donors (Lipinski definition) is 1. The van der Waals surface area contributed by atoms with Crippen molar-refractivity contribution < 1.29 is 19.2 Å². The van der Waals surface area contributed by atoms with Crippen molar-refractivity contribution in [3.63, 3.8) is 0 Å². The Hall–Kier alpha value is -1.43. The van der Waals surface area contributed by atoms with Gasteiger partial charge in [-0.1, -0.05) is 19.0 Å². The van der Waals surface area contributed by atoms with Crippen LogP contribution in [0.1, 0.15) is 72.1 Å². The molecule has 4 rings (SSSR count). The number of ether oxygens (including phenoxy) is 1. The Balaban J connectivity index is 1.61. The minimum Gasteiger partial charge on any atom is -0.466 e. The van der Waals surface area contributed by atoms with Crippen LogP contribution in [0.25, 0.3) is 0 Å². The number of rotatable bonds is 5. The predicted molar refractivity (Wildman–Crippen MR) is 115 cm³/mol. The topological polar surface area (TPSA) is 91.0 Å². The quantitative estimate of drug-likeness (QED) is 0.417.